The number of hydrogen-bond donors (Lipinski definition) is 1. The maximum atomic E-state index is 11.5. The van der Waals surface area contributed by atoms with Gasteiger partial charge in [-0.1, -0.05) is 35.9 Å². The summed E-state index contributed by atoms with van der Waals surface area (Å²) in [4.78, 5) is 13.6. The average Bonchev–Trinajstić information content (AvgIpc) is 2.73. The number of carboxylic acids is 1. The largest absolute Gasteiger partial charge is 0.478 e. The minimum absolute atomic E-state index is 0.165. The van der Waals surface area contributed by atoms with E-state index in [-0.39, 0.29) is 16.6 Å². The van der Waals surface area contributed by atoms with Crippen molar-refractivity contribution < 1.29 is 9.90 Å². The van der Waals surface area contributed by atoms with Crippen LogP contribution in [0.3, 0.4) is 0 Å². The normalized spacial score (nSPS) is 17.1. The number of carbonyl (C=O) groups is 1. The number of rotatable bonds is 2. The summed E-state index contributed by atoms with van der Waals surface area (Å²) in [6.07, 6.45) is 0.905. The van der Waals surface area contributed by atoms with Crippen LogP contribution >= 0.6 is 11.6 Å². The third-order valence-corrected chi connectivity index (χ3v) is 3.99. The van der Waals surface area contributed by atoms with Gasteiger partial charge in [0.15, 0.2) is 0 Å². The first-order valence-corrected chi connectivity index (χ1v) is 6.86. The second kappa shape index (κ2) is 4.84. The number of carboxylic acid groups (broad SMARTS) is 1. The minimum Gasteiger partial charge on any atom is -0.478 e. The monoisotopic (exact) mass is 287 g/mol. The van der Waals surface area contributed by atoms with Gasteiger partial charge >= 0.3 is 5.97 Å². The number of para-hydroxylation sites is 1. The zero-order valence-corrected chi connectivity index (χ0v) is 11.8. The van der Waals surface area contributed by atoms with Gasteiger partial charge in [-0.3, -0.25) is 0 Å². The van der Waals surface area contributed by atoms with Gasteiger partial charge in [0, 0.05) is 11.7 Å². The first kappa shape index (κ1) is 13.0. The Balaban J connectivity index is 2.20. The highest BCUT2D eigenvalue weighted by atomic mass is 35.5. The van der Waals surface area contributed by atoms with E-state index in [2.05, 4.69) is 17.9 Å². The number of benzene rings is 2. The Morgan fingerprint density at radius 3 is 2.65 bits per heavy atom. The highest BCUT2D eigenvalue weighted by molar-refractivity contribution is 6.34. The lowest BCUT2D eigenvalue weighted by atomic mass is 10.1. The van der Waals surface area contributed by atoms with E-state index >= 15 is 0 Å². The van der Waals surface area contributed by atoms with Crippen molar-refractivity contribution in [1.29, 1.82) is 0 Å². The molecule has 0 saturated heterocycles. The van der Waals surface area contributed by atoms with Gasteiger partial charge in [0.1, 0.15) is 5.56 Å². The van der Waals surface area contributed by atoms with Crippen LogP contribution in [0.1, 0.15) is 22.8 Å². The van der Waals surface area contributed by atoms with Crippen molar-refractivity contribution in [2.45, 2.75) is 19.4 Å². The zero-order chi connectivity index (χ0) is 14.3. The fraction of sp³-hybridized carbons (Fsp3) is 0.188. The molecule has 20 heavy (non-hydrogen) atoms. The summed E-state index contributed by atoms with van der Waals surface area (Å²) in [5.41, 5.74) is 3.11. The number of anilines is 2. The van der Waals surface area contributed by atoms with E-state index in [4.69, 9.17) is 11.6 Å². The molecule has 102 valence electrons. The van der Waals surface area contributed by atoms with Gasteiger partial charge in [0.2, 0.25) is 0 Å². The van der Waals surface area contributed by atoms with Crippen LogP contribution in [0.4, 0.5) is 11.4 Å². The van der Waals surface area contributed by atoms with Crippen molar-refractivity contribution >= 4 is 28.9 Å². The molecule has 1 aliphatic rings. The standard InChI is InChI=1S/C16H14ClNO2/c1-10-9-11-5-2-3-7-13(11)18(10)14-8-4-6-12(17)15(14)16(19)20/h2-8,10H,9H2,1H3,(H,19,20). The van der Waals surface area contributed by atoms with Gasteiger partial charge in [-0.05, 0) is 37.1 Å². The summed E-state index contributed by atoms with van der Waals surface area (Å²) >= 11 is 6.07. The summed E-state index contributed by atoms with van der Waals surface area (Å²) < 4.78 is 0. The van der Waals surface area contributed by atoms with Crippen molar-refractivity contribution in [3.05, 3.63) is 58.6 Å². The second-order valence-corrected chi connectivity index (χ2v) is 5.40. The van der Waals surface area contributed by atoms with E-state index in [1.807, 2.05) is 24.3 Å². The number of aromatic carboxylic acids is 1. The fourth-order valence-electron chi connectivity index (χ4n) is 2.86. The van der Waals surface area contributed by atoms with Gasteiger partial charge in [0.05, 0.1) is 10.7 Å². The summed E-state index contributed by atoms with van der Waals surface area (Å²) in [5, 5.41) is 9.70. The first-order chi connectivity index (χ1) is 9.59. The van der Waals surface area contributed by atoms with Crippen molar-refractivity contribution in [3.63, 3.8) is 0 Å². The van der Waals surface area contributed by atoms with Crippen molar-refractivity contribution in [1.82, 2.24) is 0 Å². The Bertz CT molecular complexity index is 684. The van der Waals surface area contributed by atoms with E-state index in [9.17, 15) is 9.90 Å². The van der Waals surface area contributed by atoms with Crippen LogP contribution in [0.25, 0.3) is 0 Å². The molecule has 0 fully saturated rings. The third kappa shape index (κ3) is 1.95. The van der Waals surface area contributed by atoms with E-state index in [0.29, 0.717) is 5.69 Å². The molecule has 1 unspecified atom stereocenters. The van der Waals surface area contributed by atoms with E-state index in [1.54, 1.807) is 12.1 Å². The smallest absolute Gasteiger partial charge is 0.339 e. The Hall–Kier alpha value is -2.00. The van der Waals surface area contributed by atoms with Crippen molar-refractivity contribution in [3.8, 4) is 0 Å². The Kier molecular flexibility index (Phi) is 3.14. The zero-order valence-electron chi connectivity index (χ0n) is 11.0. The summed E-state index contributed by atoms with van der Waals surface area (Å²) in [7, 11) is 0. The van der Waals surface area contributed by atoms with Crippen LogP contribution in [-0.2, 0) is 6.42 Å². The summed E-state index contributed by atoms with van der Waals surface area (Å²) in [6.45, 7) is 2.09. The highest BCUT2D eigenvalue weighted by Crippen LogP contribution is 2.41. The predicted molar refractivity (Wildman–Crippen MR) is 80.2 cm³/mol. The van der Waals surface area contributed by atoms with Crippen LogP contribution in [0, 0.1) is 0 Å². The Labute approximate surface area is 122 Å². The molecule has 3 rings (SSSR count). The number of hydrogen-bond acceptors (Lipinski definition) is 2. The van der Waals surface area contributed by atoms with Crippen LogP contribution in [0.15, 0.2) is 42.5 Å². The van der Waals surface area contributed by atoms with Crippen molar-refractivity contribution in [2.24, 2.45) is 0 Å². The van der Waals surface area contributed by atoms with Crippen LogP contribution in [0.5, 0.6) is 0 Å². The lowest BCUT2D eigenvalue weighted by molar-refractivity contribution is 0.0698. The van der Waals surface area contributed by atoms with Crippen LogP contribution in [-0.4, -0.2) is 17.1 Å². The lowest BCUT2D eigenvalue weighted by Gasteiger charge is -2.26. The maximum Gasteiger partial charge on any atom is 0.339 e. The third-order valence-electron chi connectivity index (χ3n) is 3.67. The molecule has 4 heteroatoms. The quantitative estimate of drug-likeness (QED) is 0.903. The molecule has 0 spiro atoms. The fourth-order valence-corrected chi connectivity index (χ4v) is 3.11. The lowest BCUT2D eigenvalue weighted by Crippen LogP contribution is -2.25. The van der Waals surface area contributed by atoms with Gasteiger partial charge in [-0.2, -0.15) is 0 Å². The molecule has 1 heterocycles. The molecular weight excluding hydrogens is 274 g/mol. The van der Waals surface area contributed by atoms with Gasteiger partial charge in [-0.25, -0.2) is 4.79 Å². The number of halogens is 1. The summed E-state index contributed by atoms with van der Waals surface area (Å²) in [6, 6.07) is 13.5. The molecule has 0 aromatic heterocycles. The molecule has 1 N–H and O–H groups in total. The summed E-state index contributed by atoms with van der Waals surface area (Å²) in [5.74, 6) is -0.998. The average molecular weight is 288 g/mol. The maximum absolute atomic E-state index is 11.5. The molecule has 0 radical (unpaired) electrons. The first-order valence-electron chi connectivity index (χ1n) is 6.48. The Morgan fingerprint density at radius 2 is 1.90 bits per heavy atom. The van der Waals surface area contributed by atoms with E-state index < -0.39 is 5.97 Å². The Morgan fingerprint density at radius 1 is 1.20 bits per heavy atom. The number of nitrogens with zero attached hydrogens (tertiary/aromatic N) is 1. The molecule has 0 saturated carbocycles. The van der Waals surface area contributed by atoms with E-state index in [1.165, 1.54) is 5.56 Å². The highest BCUT2D eigenvalue weighted by Gasteiger charge is 2.30. The molecule has 1 atom stereocenters. The van der Waals surface area contributed by atoms with Crippen LogP contribution in [0.2, 0.25) is 5.02 Å². The molecule has 0 bridgehead atoms. The minimum atomic E-state index is -0.998. The second-order valence-electron chi connectivity index (χ2n) is 4.99. The number of fused-ring (bicyclic) bond motifs is 1. The SMILES string of the molecule is CC1Cc2ccccc2N1c1cccc(Cl)c1C(=O)O. The molecular formula is C16H14ClNO2. The molecule has 3 nitrogen and oxygen atoms in total. The van der Waals surface area contributed by atoms with Gasteiger partial charge < -0.3 is 10.0 Å². The van der Waals surface area contributed by atoms with Gasteiger partial charge in [-0.15, -0.1) is 0 Å². The van der Waals surface area contributed by atoms with Crippen molar-refractivity contribution in [2.75, 3.05) is 4.90 Å². The molecule has 0 amide bonds. The van der Waals surface area contributed by atoms with Gasteiger partial charge in [0.25, 0.3) is 0 Å². The molecule has 0 aliphatic carbocycles. The van der Waals surface area contributed by atoms with Crippen LogP contribution < -0.4 is 4.90 Å². The topological polar surface area (TPSA) is 40.5 Å². The van der Waals surface area contributed by atoms with E-state index in [0.717, 1.165) is 12.1 Å². The molecule has 2 aromatic rings. The predicted octanol–water partition coefficient (Wildman–Crippen LogP) is 4.12. The molecule has 1 aliphatic heterocycles. The molecule has 2 aromatic carbocycles.